The highest BCUT2D eigenvalue weighted by molar-refractivity contribution is 5.92. The van der Waals surface area contributed by atoms with Gasteiger partial charge in [0, 0.05) is 17.4 Å². The highest BCUT2D eigenvalue weighted by Gasteiger charge is 2.07. The minimum absolute atomic E-state index is 0.332. The fourth-order valence-corrected chi connectivity index (χ4v) is 2.45. The minimum Gasteiger partial charge on any atom is -0.494 e. The monoisotopic (exact) mass is 376 g/mol. The van der Waals surface area contributed by atoms with Gasteiger partial charge >= 0.3 is 0 Å². The summed E-state index contributed by atoms with van der Waals surface area (Å²) in [6, 6.07) is 20.9. The molecule has 0 aliphatic carbocycles. The SMILES string of the molecule is CCCOc1ccc(Oc2ncccc2CN=C(N)Nc2ccccc2)cc1. The Morgan fingerprint density at radius 1 is 1.00 bits per heavy atom. The van der Waals surface area contributed by atoms with Gasteiger partial charge in [0.25, 0.3) is 0 Å². The van der Waals surface area contributed by atoms with Gasteiger partial charge in [0.1, 0.15) is 11.5 Å². The van der Waals surface area contributed by atoms with Crippen molar-refractivity contribution in [2.75, 3.05) is 11.9 Å². The molecule has 0 fully saturated rings. The number of anilines is 1. The van der Waals surface area contributed by atoms with E-state index < -0.39 is 0 Å². The maximum atomic E-state index is 5.98. The second-order valence-corrected chi connectivity index (χ2v) is 6.08. The van der Waals surface area contributed by atoms with Crippen LogP contribution in [0.1, 0.15) is 18.9 Å². The highest BCUT2D eigenvalue weighted by Crippen LogP contribution is 2.25. The van der Waals surface area contributed by atoms with E-state index in [2.05, 4.69) is 22.2 Å². The summed E-state index contributed by atoms with van der Waals surface area (Å²) < 4.78 is 11.5. The van der Waals surface area contributed by atoms with E-state index in [-0.39, 0.29) is 0 Å². The number of aromatic nitrogens is 1. The van der Waals surface area contributed by atoms with Gasteiger partial charge in [0.15, 0.2) is 5.96 Å². The minimum atomic E-state index is 0.332. The molecule has 0 saturated carbocycles. The lowest BCUT2D eigenvalue weighted by atomic mass is 10.2. The van der Waals surface area contributed by atoms with Gasteiger partial charge in [0.2, 0.25) is 5.88 Å². The topological polar surface area (TPSA) is 81.8 Å². The number of ether oxygens (including phenoxy) is 2. The molecule has 3 aromatic rings. The summed E-state index contributed by atoms with van der Waals surface area (Å²) in [7, 11) is 0. The molecule has 0 aliphatic heterocycles. The molecule has 1 aromatic heterocycles. The fourth-order valence-electron chi connectivity index (χ4n) is 2.45. The van der Waals surface area contributed by atoms with Crippen molar-refractivity contribution in [3.05, 3.63) is 78.5 Å². The summed E-state index contributed by atoms with van der Waals surface area (Å²) in [5.41, 5.74) is 7.70. The summed E-state index contributed by atoms with van der Waals surface area (Å²) in [5.74, 6) is 2.34. The Balaban J connectivity index is 1.65. The van der Waals surface area contributed by atoms with Gasteiger partial charge in [-0.1, -0.05) is 31.2 Å². The zero-order valence-electron chi connectivity index (χ0n) is 15.8. The van der Waals surface area contributed by atoms with Crippen molar-refractivity contribution in [3.8, 4) is 17.4 Å². The number of nitrogens with two attached hydrogens (primary N) is 1. The maximum absolute atomic E-state index is 5.98. The Kier molecular flexibility index (Phi) is 6.84. The van der Waals surface area contributed by atoms with E-state index in [1.54, 1.807) is 6.20 Å². The molecule has 2 aromatic carbocycles. The van der Waals surface area contributed by atoms with E-state index in [4.69, 9.17) is 15.2 Å². The molecular weight excluding hydrogens is 352 g/mol. The normalized spacial score (nSPS) is 11.1. The van der Waals surface area contributed by atoms with Crippen LogP contribution in [0, 0.1) is 0 Å². The van der Waals surface area contributed by atoms with Crippen LogP contribution in [-0.2, 0) is 6.54 Å². The molecule has 0 unspecified atom stereocenters. The molecule has 28 heavy (non-hydrogen) atoms. The van der Waals surface area contributed by atoms with Crippen LogP contribution in [0.25, 0.3) is 0 Å². The second kappa shape index (κ2) is 9.97. The Bertz CT molecular complexity index is 896. The number of hydrogen-bond donors (Lipinski definition) is 2. The number of rotatable bonds is 8. The molecule has 1 heterocycles. The molecule has 144 valence electrons. The molecule has 0 atom stereocenters. The van der Waals surface area contributed by atoms with Crippen molar-refractivity contribution < 1.29 is 9.47 Å². The first-order valence-corrected chi connectivity index (χ1v) is 9.21. The van der Waals surface area contributed by atoms with E-state index in [1.165, 1.54) is 0 Å². The number of guanidine groups is 1. The largest absolute Gasteiger partial charge is 0.494 e. The Morgan fingerprint density at radius 2 is 1.75 bits per heavy atom. The van der Waals surface area contributed by atoms with Gasteiger partial charge in [0.05, 0.1) is 13.2 Å². The number of hydrogen-bond acceptors (Lipinski definition) is 4. The number of para-hydroxylation sites is 1. The van der Waals surface area contributed by atoms with Gasteiger partial charge in [-0.15, -0.1) is 0 Å². The summed E-state index contributed by atoms with van der Waals surface area (Å²) >= 11 is 0. The number of nitrogens with zero attached hydrogens (tertiary/aromatic N) is 2. The quantitative estimate of drug-likeness (QED) is 0.444. The van der Waals surface area contributed by atoms with Gasteiger partial charge in [-0.05, 0) is 48.9 Å². The van der Waals surface area contributed by atoms with E-state index >= 15 is 0 Å². The number of nitrogens with one attached hydrogen (secondary N) is 1. The molecular formula is C22H24N4O2. The van der Waals surface area contributed by atoms with Crippen LogP contribution < -0.4 is 20.5 Å². The molecule has 3 N–H and O–H groups in total. The highest BCUT2D eigenvalue weighted by atomic mass is 16.5. The third kappa shape index (κ3) is 5.74. The average Bonchev–Trinajstić information content (AvgIpc) is 2.73. The van der Waals surface area contributed by atoms with Gasteiger partial charge in [-0.25, -0.2) is 9.98 Å². The van der Waals surface area contributed by atoms with Gasteiger partial charge in [-0.3, -0.25) is 0 Å². The molecule has 6 nitrogen and oxygen atoms in total. The fraction of sp³-hybridized carbons (Fsp3) is 0.182. The Labute approximate surface area is 165 Å². The zero-order chi connectivity index (χ0) is 19.6. The van der Waals surface area contributed by atoms with Crippen molar-refractivity contribution in [2.24, 2.45) is 10.7 Å². The third-order valence-corrected chi connectivity index (χ3v) is 3.83. The summed E-state index contributed by atoms with van der Waals surface area (Å²) in [5, 5.41) is 3.06. The first-order valence-electron chi connectivity index (χ1n) is 9.21. The molecule has 0 aliphatic rings. The van der Waals surface area contributed by atoms with Crippen LogP contribution in [0.15, 0.2) is 77.9 Å². The summed E-state index contributed by atoms with van der Waals surface area (Å²) in [6.45, 7) is 3.12. The lowest BCUT2D eigenvalue weighted by molar-refractivity contribution is 0.317. The van der Waals surface area contributed by atoms with Crippen LogP contribution in [0.4, 0.5) is 5.69 Å². The Hall–Kier alpha value is -3.54. The summed E-state index contributed by atoms with van der Waals surface area (Å²) in [6.07, 6.45) is 2.66. The number of benzene rings is 2. The predicted molar refractivity (Wildman–Crippen MR) is 112 cm³/mol. The molecule has 0 spiro atoms. The van der Waals surface area contributed by atoms with Gasteiger partial charge < -0.3 is 20.5 Å². The van der Waals surface area contributed by atoms with Crippen LogP contribution in [-0.4, -0.2) is 17.6 Å². The van der Waals surface area contributed by atoms with Crippen molar-refractivity contribution in [1.29, 1.82) is 0 Å². The number of pyridine rings is 1. The first-order chi connectivity index (χ1) is 13.7. The molecule has 3 rings (SSSR count). The molecule has 0 amide bonds. The maximum Gasteiger partial charge on any atom is 0.224 e. The zero-order valence-corrected chi connectivity index (χ0v) is 15.8. The average molecular weight is 376 g/mol. The van der Waals surface area contributed by atoms with Gasteiger partial charge in [-0.2, -0.15) is 0 Å². The van der Waals surface area contributed by atoms with Crippen LogP contribution >= 0.6 is 0 Å². The molecule has 0 bridgehead atoms. The van der Waals surface area contributed by atoms with E-state index in [0.717, 1.165) is 23.4 Å². The van der Waals surface area contributed by atoms with Crippen molar-refractivity contribution in [1.82, 2.24) is 4.98 Å². The predicted octanol–water partition coefficient (Wildman–Crippen LogP) is 4.59. The lowest BCUT2D eigenvalue weighted by Gasteiger charge is -2.10. The van der Waals surface area contributed by atoms with E-state index in [1.807, 2.05) is 66.7 Å². The second-order valence-electron chi connectivity index (χ2n) is 6.08. The molecule has 0 saturated heterocycles. The molecule has 6 heteroatoms. The lowest BCUT2D eigenvalue weighted by Crippen LogP contribution is -2.22. The van der Waals surface area contributed by atoms with Crippen LogP contribution in [0.3, 0.4) is 0 Å². The van der Waals surface area contributed by atoms with Crippen LogP contribution in [0.5, 0.6) is 17.4 Å². The van der Waals surface area contributed by atoms with Crippen molar-refractivity contribution >= 4 is 11.6 Å². The van der Waals surface area contributed by atoms with Crippen molar-refractivity contribution in [3.63, 3.8) is 0 Å². The standard InChI is InChI=1S/C22H24N4O2/c1-2-15-27-19-10-12-20(13-11-19)28-21-17(7-6-14-24-21)16-25-22(23)26-18-8-4-3-5-9-18/h3-14H,2,15-16H2,1H3,(H3,23,25,26). The number of aliphatic imine (C=N–C) groups is 1. The van der Waals surface area contributed by atoms with E-state index in [0.29, 0.717) is 30.7 Å². The van der Waals surface area contributed by atoms with Crippen molar-refractivity contribution in [2.45, 2.75) is 19.9 Å². The third-order valence-electron chi connectivity index (χ3n) is 3.83. The summed E-state index contributed by atoms with van der Waals surface area (Å²) in [4.78, 5) is 8.71. The van der Waals surface area contributed by atoms with E-state index in [9.17, 15) is 0 Å². The smallest absolute Gasteiger partial charge is 0.224 e. The van der Waals surface area contributed by atoms with Crippen LogP contribution in [0.2, 0.25) is 0 Å². The molecule has 0 radical (unpaired) electrons. The Morgan fingerprint density at radius 3 is 2.50 bits per heavy atom. The first kappa shape index (κ1) is 19.2.